The van der Waals surface area contributed by atoms with Gasteiger partial charge < -0.3 is 14.2 Å². The summed E-state index contributed by atoms with van der Waals surface area (Å²) in [5.74, 6) is -3.99. The van der Waals surface area contributed by atoms with E-state index in [1.54, 1.807) is 24.3 Å². The number of hydrogen-bond donors (Lipinski definition) is 0. The van der Waals surface area contributed by atoms with Gasteiger partial charge in [-0.1, -0.05) is 23.8 Å². The summed E-state index contributed by atoms with van der Waals surface area (Å²) in [5, 5.41) is 0. The zero-order valence-corrected chi connectivity index (χ0v) is 15.6. The summed E-state index contributed by atoms with van der Waals surface area (Å²) in [6, 6.07) is 7.02. The largest absolute Gasteiger partial charge is 0.422 e. The van der Waals surface area contributed by atoms with Gasteiger partial charge in [0.25, 0.3) is 6.29 Å². The van der Waals surface area contributed by atoms with Crippen molar-refractivity contribution in [2.45, 2.75) is 38.8 Å². The molecule has 0 spiro atoms. The third-order valence-corrected chi connectivity index (χ3v) is 5.28. The van der Waals surface area contributed by atoms with Crippen molar-refractivity contribution in [3.05, 3.63) is 42.0 Å². The Morgan fingerprint density at radius 2 is 1.68 bits per heavy atom. The average Bonchev–Trinajstić information content (AvgIpc) is 3.26. The first-order valence-electron chi connectivity index (χ1n) is 8.90. The van der Waals surface area contributed by atoms with E-state index >= 15 is 0 Å². The first-order chi connectivity index (χ1) is 13.2. The molecule has 2 amide bonds. The summed E-state index contributed by atoms with van der Waals surface area (Å²) in [6.07, 6.45) is 1.07. The fourth-order valence-electron chi connectivity index (χ4n) is 4.17. The Labute approximate surface area is 161 Å². The Kier molecular flexibility index (Phi) is 4.11. The van der Waals surface area contributed by atoms with Crippen molar-refractivity contribution in [1.82, 2.24) is 0 Å². The molecule has 8 heteroatoms. The van der Waals surface area contributed by atoms with E-state index in [2.05, 4.69) is 0 Å². The van der Waals surface area contributed by atoms with E-state index < -0.39 is 47.7 Å². The third kappa shape index (κ3) is 2.56. The number of carbonyl (C=O) groups is 4. The molecule has 3 aliphatic heterocycles. The number of carbonyl (C=O) groups excluding carboxylic acids is 4. The van der Waals surface area contributed by atoms with Gasteiger partial charge in [0.1, 0.15) is 0 Å². The number of benzene rings is 1. The molecule has 2 fully saturated rings. The molecular weight excluding hydrogens is 366 g/mol. The lowest BCUT2D eigenvalue weighted by molar-refractivity contribution is -0.226. The number of amides is 2. The van der Waals surface area contributed by atoms with Crippen LogP contribution in [0.2, 0.25) is 0 Å². The van der Waals surface area contributed by atoms with Gasteiger partial charge in [-0.3, -0.25) is 19.2 Å². The molecule has 0 N–H and O–H groups in total. The summed E-state index contributed by atoms with van der Waals surface area (Å²) < 4.78 is 16.2. The average molecular weight is 385 g/mol. The van der Waals surface area contributed by atoms with Gasteiger partial charge in [0.2, 0.25) is 11.8 Å². The third-order valence-electron chi connectivity index (χ3n) is 5.28. The number of anilines is 1. The molecule has 28 heavy (non-hydrogen) atoms. The second-order valence-corrected chi connectivity index (χ2v) is 7.20. The van der Waals surface area contributed by atoms with Gasteiger partial charge >= 0.3 is 11.9 Å². The van der Waals surface area contributed by atoms with Crippen LogP contribution in [0.1, 0.15) is 19.4 Å². The van der Waals surface area contributed by atoms with Gasteiger partial charge in [0, 0.05) is 13.8 Å². The van der Waals surface area contributed by atoms with Gasteiger partial charge in [0.05, 0.1) is 23.6 Å². The topological polar surface area (TPSA) is 99.2 Å². The molecule has 1 aromatic carbocycles. The van der Waals surface area contributed by atoms with Gasteiger partial charge in [-0.05, 0) is 25.1 Å². The van der Waals surface area contributed by atoms with Crippen molar-refractivity contribution in [3.63, 3.8) is 0 Å². The highest BCUT2D eigenvalue weighted by atomic mass is 16.7. The summed E-state index contributed by atoms with van der Waals surface area (Å²) >= 11 is 0. The van der Waals surface area contributed by atoms with Crippen LogP contribution in [0, 0.1) is 18.8 Å². The molecule has 3 heterocycles. The molecule has 146 valence electrons. The lowest BCUT2D eigenvalue weighted by Crippen LogP contribution is -2.52. The first kappa shape index (κ1) is 18.4. The number of esters is 2. The predicted octanol–water partition coefficient (Wildman–Crippen LogP) is 1.26. The van der Waals surface area contributed by atoms with Crippen LogP contribution in [0.5, 0.6) is 0 Å². The standard InChI is InChI=1S/C20H19NO7/c1-10-4-6-13(7-5-10)21-17(24)15-14-8-9-20(28-14,16(15)18(21)25)19(26-11(2)22)27-12(3)23/h4-9,14-16,19H,1-3H3/t14-,15-,16+,20+/m1/s1. The van der Waals surface area contributed by atoms with Crippen LogP contribution < -0.4 is 4.90 Å². The predicted molar refractivity (Wildman–Crippen MR) is 94.7 cm³/mol. The first-order valence-corrected chi connectivity index (χ1v) is 8.90. The van der Waals surface area contributed by atoms with E-state index in [0.29, 0.717) is 5.69 Å². The van der Waals surface area contributed by atoms with Crippen molar-refractivity contribution >= 4 is 29.4 Å². The Morgan fingerprint density at radius 1 is 1.07 bits per heavy atom. The number of nitrogens with zero attached hydrogens (tertiary/aromatic N) is 1. The molecule has 2 bridgehead atoms. The molecule has 8 nitrogen and oxygen atoms in total. The smallest absolute Gasteiger partial charge is 0.305 e. The molecular formula is C20H19NO7. The SMILES string of the molecule is CC(=O)OC(OC(C)=O)[C@@]12C=C[C@@H](O1)[C@H]1C(=O)N(c3ccc(C)cc3)C(=O)[C@H]12. The maximum Gasteiger partial charge on any atom is 0.305 e. The van der Waals surface area contributed by atoms with E-state index in [4.69, 9.17) is 14.2 Å². The van der Waals surface area contributed by atoms with E-state index in [1.165, 1.54) is 0 Å². The number of rotatable bonds is 4. The highest BCUT2D eigenvalue weighted by Crippen LogP contribution is 2.54. The fourth-order valence-corrected chi connectivity index (χ4v) is 4.17. The molecule has 0 unspecified atom stereocenters. The monoisotopic (exact) mass is 385 g/mol. The maximum absolute atomic E-state index is 13.3. The number of hydrogen-bond acceptors (Lipinski definition) is 7. The summed E-state index contributed by atoms with van der Waals surface area (Å²) in [4.78, 5) is 50.6. The van der Waals surface area contributed by atoms with Crippen LogP contribution >= 0.6 is 0 Å². The van der Waals surface area contributed by atoms with Gasteiger partial charge in [-0.25, -0.2) is 4.90 Å². The fraction of sp³-hybridized carbons (Fsp3) is 0.400. The van der Waals surface area contributed by atoms with Gasteiger partial charge in [-0.2, -0.15) is 0 Å². The van der Waals surface area contributed by atoms with E-state index in [9.17, 15) is 19.2 Å². The van der Waals surface area contributed by atoms with Crippen molar-refractivity contribution in [2.24, 2.45) is 11.8 Å². The number of ether oxygens (including phenoxy) is 3. The molecule has 4 atom stereocenters. The van der Waals surface area contributed by atoms with Gasteiger partial charge in [-0.15, -0.1) is 0 Å². The Bertz CT molecular complexity index is 890. The van der Waals surface area contributed by atoms with Crippen LogP contribution in [0.3, 0.4) is 0 Å². The van der Waals surface area contributed by atoms with Crippen LogP contribution in [0.25, 0.3) is 0 Å². The molecule has 0 saturated carbocycles. The highest BCUT2D eigenvalue weighted by Gasteiger charge is 2.72. The molecule has 1 aromatic rings. The van der Waals surface area contributed by atoms with E-state index in [0.717, 1.165) is 24.3 Å². The lowest BCUT2D eigenvalue weighted by atomic mass is 9.76. The summed E-state index contributed by atoms with van der Waals surface area (Å²) in [5.41, 5.74) is -0.0748. The summed E-state index contributed by atoms with van der Waals surface area (Å²) in [7, 11) is 0. The van der Waals surface area contributed by atoms with E-state index in [1.807, 2.05) is 19.1 Å². The minimum absolute atomic E-state index is 0.389. The second-order valence-electron chi connectivity index (χ2n) is 7.20. The number of fused-ring (bicyclic) bond motifs is 5. The molecule has 4 rings (SSSR count). The van der Waals surface area contributed by atoms with Crippen LogP contribution in [0.15, 0.2) is 36.4 Å². The van der Waals surface area contributed by atoms with Gasteiger partial charge in [0.15, 0.2) is 5.60 Å². The minimum Gasteiger partial charge on any atom is -0.422 e. The number of imide groups is 1. The Morgan fingerprint density at radius 3 is 2.25 bits per heavy atom. The zero-order valence-electron chi connectivity index (χ0n) is 15.6. The minimum atomic E-state index is -1.53. The van der Waals surface area contributed by atoms with Crippen molar-refractivity contribution in [3.8, 4) is 0 Å². The molecule has 0 aliphatic carbocycles. The van der Waals surface area contributed by atoms with Crippen molar-refractivity contribution in [2.75, 3.05) is 4.90 Å². The van der Waals surface area contributed by atoms with Crippen LogP contribution in [-0.4, -0.2) is 41.7 Å². The van der Waals surface area contributed by atoms with Crippen LogP contribution in [0.4, 0.5) is 5.69 Å². The van der Waals surface area contributed by atoms with E-state index in [-0.39, 0.29) is 5.91 Å². The Balaban J connectivity index is 1.74. The second kappa shape index (κ2) is 6.27. The van der Waals surface area contributed by atoms with Crippen molar-refractivity contribution < 1.29 is 33.4 Å². The lowest BCUT2D eigenvalue weighted by Gasteiger charge is -2.34. The van der Waals surface area contributed by atoms with Crippen molar-refractivity contribution in [1.29, 1.82) is 0 Å². The maximum atomic E-state index is 13.3. The van der Waals surface area contributed by atoms with Crippen LogP contribution in [-0.2, 0) is 33.4 Å². The number of aryl methyl sites for hydroxylation is 1. The molecule has 0 radical (unpaired) electrons. The normalized spacial score (nSPS) is 30.1. The molecule has 3 aliphatic rings. The molecule has 2 saturated heterocycles. The molecule has 0 aromatic heterocycles. The zero-order chi connectivity index (χ0) is 20.2. The summed E-state index contributed by atoms with van der Waals surface area (Å²) in [6.45, 7) is 4.23. The Hall–Kier alpha value is -3.00. The quantitative estimate of drug-likeness (QED) is 0.333. The highest BCUT2D eigenvalue weighted by molar-refractivity contribution is 6.23.